The molecule has 0 saturated heterocycles. The number of nitrogens with zero attached hydrogens (tertiary/aromatic N) is 2. The van der Waals surface area contributed by atoms with Crippen LogP contribution in [-0.4, -0.2) is 21.5 Å². The van der Waals surface area contributed by atoms with Crippen LogP contribution in [0.2, 0.25) is 0 Å². The maximum atomic E-state index is 5.65. The zero-order valence-electron chi connectivity index (χ0n) is 16.7. The normalized spacial score (nSPS) is 10.6. The molecule has 3 rings (SSSR count). The van der Waals surface area contributed by atoms with Crippen LogP contribution in [0.5, 0.6) is 5.75 Å². The molecule has 0 atom stereocenters. The molecule has 0 amide bonds. The minimum atomic E-state index is 0.508. The summed E-state index contributed by atoms with van der Waals surface area (Å²) < 4.78 is 7.65. The van der Waals surface area contributed by atoms with Gasteiger partial charge in [0.25, 0.3) is 0 Å². The van der Waals surface area contributed by atoms with E-state index in [1.165, 1.54) is 11.1 Å². The van der Waals surface area contributed by atoms with Crippen molar-refractivity contribution in [2.24, 2.45) is 0 Å². The van der Waals surface area contributed by atoms with Crippen molar-refractivity contribution in [2.45, 2.75) is 34.2 Å². The van der Waals surface area contributed by atoms with Gasteiger partial charge in [-0.1, -0.05) is 42.0 Å². The smallest absolute Gasteiger partial charge is 0.175 e. The minimum absolute atomic E-state index is 0.508. The molecule has 0 bridgehead atoms. The molecule has 0 aliphatic carbocycles. The van der Waals surface area contributed by atoms with E-state index < -0.39 is 0 Å². The van der Waals surface area contributed by atoms with Crippen LogP contribution in [0.3, 0.4) is 0 Å². The highest BCUT2D eigenvalue weighted by Crippen LogP contribution is 2.25. The quantitative estimate of drug-likeness (QED) is 0.572. The van der Waals surface area contributed by atoms with Gasteiger partial charge in [-0.2, -0.15) is 5.10 Å². The van der Waals surface area contributed by atoms with Gasteiger partial charge in [0.2, 0.25) is 0 Å². The Morgan fingerprint density at radius 3 is 2.61 bits per heavy atom. The summed E-state index contributed by atoms with van der Waals surface area (Å²) in [7, 11) is 0. The zero-order valence-corrected chi connectivity index (χ0v) is 17.6. The Labute approximate surface area is 171 Å². The molecule has 0 unspecified atom stereocenters. The first-order valence-corrected chi connectivity index (χ1v) is 9.78. The molecule has 0 radical (unpaired) electrons. The van der Waals surface area contributed by atoms with Gasteiger partial charge < -0.3 is 15.4 Å². The lowest BCUT2D eigenvalue weighted by Crippen LogP contribution is -2.20. The van der Waals surface area contributed by atoms with Crippen molar-refractivity contribution in [1.29, 1.82) is 0 Å². The molecule has 3 aromatic rings. The van der Waals surface area contributed by atoms with E-state index >= 15 is 0 Å². The van der Waals surface area contributed by atoms with Crippen LogP contribution < -0.4 is 15.4 Å². The molecule has 0 fully saturated rings. The van der Waals surface area contributed by atoms with Gasteiger partial charge in [-0.3, -0.25) is 4.68 Å². The molecular weight excluding hydrogens is 368 g/mol. The van der Waals surface area contributed by atoms with Gasteiger partial charge in [0.05, 0.1) is 35.9 Å². The minimum Gasteiger partial charge on any atom is -0.492 e. The standard InChI is InChI=1S/C22H26N4OS/c1-5-27-20-12-7-6-11-19(20)23-22(28)24-21-16(3)25-26(17(21)4)14-18-10-8-9-15(2)13-18/h6-13H,5,14H2,1-4H3,(H2,23,24,28). The summed E-state index contributed by atoms with van der Waals surface area (Å²) >= 11 is 5.52. The first-order chi connectivity index (χ1) is 13.5. The van der Waals surface area contributed by atoms with Crippen LogP contribution in [0.15, 0.2) is 48.5 Å². The molecule has 0 aliphatic heterocycles. The number of nitrogens with one attached hydrogen (secondary N) is 2. The third-order valence-electron chi connectivity index (χ3n) is 4.47. The van der Waals surface area contributed by atoms with Gasteiger partial charge in [0, 0.05) is 0 Å². The van der Waals surface area contributed by atoms with Crippen LogP contribution in [0.25, 0.3) is 0 Å². The van der Waals surface area contributed by atoms with Gasteiger partial charge in [-0.15, -0.1) is 0 Å². The topological polar surface area (TPSA) is 51.1 Å². The second kappa shape index (κ2) is 8.89. The summed E-state index contributed by atoms with van der Waals surface area (Å²) in [5.74, 6) is 0.776. The highest BCUT2D eigenvalue weighted by molar-refractivity contribution is 7.80. The average Bonchev–Trinajstić information content (AvgIpc) is 2.91. The van der Waals surface area contributed by atoms with Crippen molar-refractivity contribution in [3.05, 3.63) is 71.0 Å². The fourth-order valence-corrected chi connectivity index (χ4v) is 3.35. The summed E-state index contributed by atoms with van der Waals surface area (Å²) in [5.41, 5.74) is 6.19. The molecule has 1 heterocycles. The average molecular weight is 395 g/mol. The Kier molecular flexibility index (Phi) is 6.31. The number of aryl methyl sites for hydroxylation is 2. The largest absolute Gasteiger partial charge is 0.492 e. The van der Waals surface area contributed by atoms with E-state index in [2.05, 4.69) is 53.8 Å². The lowest BCUT2D eigenvalue weighted by Gasteiger charge is -2.14. The van der Waals surface area contributed by atoms with E-state index in [0.717, 1.165) is 35.1 Å². The SMILES string of the molecule is CCOc1ccccc1NC(=S)Nc1c(C)nn(Cc2cccc(C)c2)c1C. The maximum Gasteiger partial charge on any atom is 0.175 e. The number of benzene rings is 2. The summed E-state index contributed by atoms with van der Waals surface area (Å²) in [6.07, 6.45) is 0. The lowest BCUT2D eigenvalue weighted by molar-refractivity contribution is 0.342. The number of hydrogen-bond acceptors (Lipinski definition) is 3. The first-order valence-electron chi connectivity index (χ1n) is 9.37. The van der Waals surface area contributed by atoms with Gasteiger partial charge in [-0.25, -0.2) is 0 Å². The van der Waals surface area contributed by atoms with E-state index in [1.54, 1.807) is 0 Å². The molecule has 5 nitrogen and oxygen atoms in total. The summed E-state index contributed by atoms with van der Waals surface area (Å²) in [6, 6.07) is 16.2. The monoisotopic (exact) mass is 394 g/mol. The third-order valence-corrected chi connectivity index (χ3v) is 4.67. The Morgan fingerprint density at radius 2 is 1.86 bits per heavy atom. The van der Waals surface area contributed by atoms with Gasteiger partial charge >= 0.3 is 0 Å². The number of ether oxygens (including phenoxy) is 1. The highest BCUT2D eigenvalue weighted by Gasteiger charge is 2.14. The lowest BCUT2D eigenvalue weighted by atomic mass is 10.1. The molecule has 0 spiro atoms. The zero-order chi connectivity index (χ0) is 20.1. The third kappa shape index (κ3) is 4.70. The molecule has 28 heavy (non-hydrogen) atoms. The summed E-state index contributed by atoms with van der Waals surface area (Å²) in [4.78, 5) is 0. The van der Waals surface area contributed by atoms with Crippen molar-refractivity contribution in [3.63, 3.8) is 0 Å². The number of thiocarbonyl (C=S) groups is 1. The highest BCUT2D eigenvalue weighted by atomic mass is 32.1. The van der Waals surface area contributed by atoms with Crippen LogP contribution in [0, 0.1) is 20.8 Å². The predicted molar refractivity (Wildman–Crippen MR) is 119 cm³/mol. The number of hydrogen-bond donors (Lipinski definition) is 2. The second-order valence-electron chi connectivity index (χ2n) is 6.70. The van der Waals surface area contributed by atoms with Crippen LogP contribution >= 0.6 is 12.2 Å². The number of para-hydroxylation sites is 2. The number of rotatable bonds is 6. The molecule has 146 valence electrons. The van der Waals surface area contributed by atoms with Crippen molar-refractivity contribution in [2.75, 3.05) is 17.2 Å². The molecule has 6 heteroatoms. The van der Waals surface area contributed by atoms with E-state index in [0.29, 0.717) is 11.7 Å². The van der Waals surface area contributed by atoms with Gasteiger partial charge in [-0.05, 0) is 57.6 Å². The Bertz CT molecular complexity index is 980. The maximum absolute atomic E-state index is 5.65. The fourth-order valence-electron chi connectivity index (χ4n) is 3.13. The predicted octanol–water partition coefficient (Wildman–Crippen LogP) is 5.06. The molecule has 2 aromatic carbocycles. The second-order valence-corrected chi connectivity index (χ2v) is 7.11. The number of anilines is 2. The van der Waals surface area contributed by atoms with Crippen molar-refractivity contribution in [1.82, 2.24) is 9.78 Å². The first kappa shape index (κ1) is 19.9. The van der Waals surface area contributed by atoms with E-state index in [1.807, 2.05) is 42.8 Å². The molecular formula is C22H26N4OS. The molecule has 0 aliphatic rings. The van der Waals surface area contributed by atoms with Crippen molar-refractivity contribution in [3.8, 4) is 5.75 Å². The molecule has 0 saturated carbocycles. The number of aromatic nitrogens is 2. The van der Waals surface area contributed by atoms with Crippen molar-refractivity contribution < 1.29 is 4.74 Å². The summed E-state index contributed by atoms with van der Waals surface area (Å²) in [5, 5.41) is 11.7. The Hall–Kier alpha value is -2.86. The van der Waals surface area contributed by atoms with E-state index in [4.69, 9.17) is 17.0 Å². The van der Waals surface area contributed by atoms with Gasteiger partial charge in [0.1, 0.15) is 5.75 Å². The van der Waals surface area contributed by atoms with Crippen LogP contribution in [0.1, 0.15) is 29.4 Å². The van der Waals surface area contributed by atoms with E-state index in [-0.39, 0.29) is 0 Å². The van der Waals surface area contributed by atoms with Crippen LogP contribution in [-0.2, 0) is 6.54 Å². The fraction of sp³-hybridized carbons (Fsp3) is 0.273. The Balaban J connectivity index is 1.74. The van der Waals surface area contributed by atoms with Gasteiger partial charge in [0.15, 0.2) is 5.11 Å². The molecule has 2 N–H and O–H groups in total. The Morgan fingerprint density at radius 1 is 1.07 bits per heavy atom. The summed E-state index contributed by atoms with van der Waals surface area (Å²) in [6.45, 7) is 9.42. The van der Waals surface area contributed by atoms with Crippen LogP contribution in [0.4, 0.5) is 11.4 Å². The molecule has 1 aromatic heterocycles. The van der Waals surface area contributed by atoms with Crippen molar-refractivity contribution >= 4 is 28.7 Å². The van der Waals surface area contributed by atoms with E-state index in [9.17, 15) is 0 Å².